The van der Waals surface area contributed by atoms with Crippen molar-refractivity contribution in [3.05, 3.63) is 16.7 Å². The predicted octanol–water partition coefficient (Wildman–Crippen LogP) is -0.278. The zero-order valence-corrected chi connectivity index (χ0v) is 7.11. The lowest BCUT2D eigenvalue weighted by atomic mass is 10.5. The minimum atomic E-state index is -0.390. The molecule has 2 aromatic rings. The summed E-state index contributed by atoms with van der Waals surface area (Å²) in [5.74, 6) is 0.212. The predicted molar refractivity (Wildman–Crippen MR) is 48.2 cm³/mol. The maximum atomic E-state index is 11.2. The number of nitrogens with zero attached hydrogens (tertiary/aromatic N) is 3. The minimum Gasteiger partial charge on any atom is -0.369 e. The first kappa shape index (κ1) is 7.78. The van der Waals surface area contributed by atoms with Gasteiger partial charge in [0.05, 0.1) is 6.33 Å². The van der Waals surface area contributed by atoms with Crippen LogP contribution in [-0.4, -0.2) is 19.5 Å². The van der Waals surface area contributed by atoms with Crippen LogP contribution in [0.5, 0.6) is 0 Å². The number of nitrogen functional groups attached to an aromatic ring is 1. The molecule has 0 aromatic carbocycles. The molecule has 2 aromatic heterocycles. The molecule has 6 nitrogen and oxygen atoms in total. The van der Waals surface area contributed by atoms with E-state index in [9.17, 15) is 4.79 Å². The molecule has 0 amide bonds. The molecule has 0 aliphatic heterocycles. The van der Waals surface area contributed by atoms with Crippen molar-refractivity contribution in [2.24, 2.45) is 0 Å². The molecule has 13 heavy (non-hydrogen) atoms. The summed E-state index contributed by atoms with van der Waals surface area (Å²) < 4.78 is 1.70. The molecular formula is C7H9N5O. The highest BCUT2D eigenvalue weighted by Crippen LogP contribution is 2.06. The Morgan fingerprint density at radius 3 is 3.15 bits per heavy atom. The maximum Gasteiger partial charge on any atom is 0.302 e. The van der Waals surface area contributed by atoms with E-state index in [-0.39, 0.29) is 5.95 Å². The summed E-state index contributed by atoms with van der Waals surface area (Å²) in [7, 11) is 0. The molecule has 68 valence electrons. The molecular weight excluding hydrogens is 170 g/mol. The van der Waals surface area contributed by atoms with Crippen LogP contribution in [0.4, 0.5) is 5.95 Å². The van der Waals surface area contributed by atoms with E-state index in [0.717, 1.165) is 0 Å². The molecule has 0 aliphatic rings. The zero-order valence-electron chi connectivity index (χ0n) is 7.11. The third-order valence-electron chi connectivity index (χ3n) is 1.90. The number of aryl methyl sites for hydroxylation is 1. The van der Waals surface area contributed by atoms with E-state index in [1.165, 1.54) is 6.33 Å². The van der Waals surface area contributed by atoms with Gasteiger partial charge in [-0.25, -0.2) is 4.98 Å². The van der Waals surface area contributed by atoms with Crippen molar-refractivity contribution in [3.63, 3.8) is 0 Å². The summed E-state index contributed by atoms with van der Waals surface area (Å²) in [6.45, 7) is 2.57. The van der Waals surface area contributed by atoms with E-state index >= 15 is 0 Å². The fourth-order valence-electron chi connectivity index (χ4n) is 1.30. The first-order valence-electron chi connectivity index (χ1n) is 3.93. The van der Waals surface area contributed by atoms with Crippen LogP contribution in [0.3, 0.4) is 0 Å². The van der Waals surface area contributed by atoms with E-state index in [0.29, 0.717) is 17.7 Å². The number of rotatable bonds is 1. The molecule has 0 fully saturated rings. The summed E-state index contributed by atoms with van der Waals surface area (Å²) in [6, 6.07) is 0. The first-order chi connectivity index (χ1) is 6.24. The number of nitrogens with one attached hydrogen (secondary N) is 1. The van der Waals surface area contributed by atoms with Crippen LogP contribution in [-0.2, 0) is 6.54 Å². The van der Waals surface area contributed by atoms with Gasteiger partial charge in [0, 0.05) is 6.54 Å². The van der Waals surface area contributed by atoms with E-state index in [1.54, 1.807) is 4.57 Å². The van der Waals surface area contributed by atoms with Gasteiger partial charge >= 0.3 is 5.56 Å². The molecule has 0 bridgehead atoms. The standard InChI is InChI=1S/C7H9N5O/c1-2-12-5-4(9-3-10-5)6(13)11-7(12)8/h3H,2H2,1H3,(H,9,10)(H2,8,11,13). The summed E-state index contributed by atoms with van der Waals surface area (Å²) in [6.07, 6.45) is 1.46. The minimum absolute atomic E-state index is 0.212. The monoisotopic (exact) mass is 179 g/mol. The van der Waals surface area contributed by atoms with Gasteiger partial charge in [0.15, 0.2) is 5.52 Å². The van der Waals surface area contributed by atoms with Crippen LogP contribution >= 0.6 is 0 Å². The zero-order chi connectivity index (χ0) is 9.42. The molecule has 6 heteroatoms. The van der Waals surface area contributed by atoms with Gasteiger partial charge in [-0.05, 0) is 6.92 Å². The second kappa shape index (κ2) is 2.58. The highest BCUT2D eigenvalue weighted by atomic mass is 16.1. The number of fused-ring (bicyclic) bond motifs is 1. The Labute approximate surface area is 73.4 Å². The fourth-order valence-corrected chi connectivity index (χ4v) is 1.30. The molecule has 2 heterocycles. The Hall–Kier alpha value is -1.85. The Morgan fingerprint density at radius 2 is 2.46 bits per heavy atom. The number of hydrogen-bond donors (Lipinski definition) is 2. The SMILES string of the molecule is CCn1c(N)nc(=O)c2nc[nH]c21. The lowest BCUT2D eigenvalue weighted by molar-refractivity contribution is 0.771. The Morgan fingerprint density at radius 1 is 1.69 bits per heavy atom. The van der Waals surface area contributed by atoms with Crippen LogP contribution < -0.4 is 11.3 Å². The van der Waals surface area contributed by atoms with Gasteiger partial charge < -0.3 is 10.7 Å². The number of aromatic amines is 1. The number of anilines is 1. The molecule has 0 saturated carbocycles. The van der Waals surface area contributed by atoms with Crippen molar-refractivity contribution in [1.29, 1.82) is 0 Å². The van der Waals surface area contributed by atoms with Crippen molar-refractivity contribution in [2.75, 3.05) is 5.73 Å². The molecule has 0 atom stereocenters. The third kappa shape index (κ3) is 0.986. The average Bonchev–Trinajstić information content (AvgIpc) is 2.53. The van der Waals surface area contributed by atoms with Gasteiger partial charge in [-0.3, -0.25) is 9.36 Å². The smallest absolute Gasteiger partial charge is 0.302 e. The first-order valence-corrected chi connectivity index (χ1v) is 3.93. The van der Waals surface area contributed by atoms with Crippen LogP contribution in [0.1, 0.15) is 6.92 Å². The maximum absolute atomic E-state index is 11.2. The van der Waals surface area contributed by atoms with E-state index < -0.39 is 5.56 Å². The molecule has 0 radical (unpaired) electrons. The fraction of sp³-hybridized carbons (Fsp3) is 0.286. The lowest BCUT2D eigenvalue weighted by Crippen LogP contribution is -2.17. The van der Waals surface area contributed by atoms with Crippen LogP contribution in [0.2, 0.25) is 0 Å². The number of nitrogens with two attached hydrogens (primary N) is 1. The second-order valence-corrected chi connectivity index (χ2v) is 2.62. The van der Waals surface area contributed by atoms with Gasteiger partial charge in [0.25, 0.3) is 0 Å². The molecule has 0 unspecified atom stereocenters. The van der Waals surface area contributed by atoms with Crippen molar-refractivity contribution < 1.29 is 0 Å². The van der Waals surface area contributed by atoms with Gasteiger partial charge in [0.2, 0.25) is 5.95 Å². The summed E-state index contributed by atoms with van der Waals surface area (Å²) in [5.41, 5.74) is 6.13. The highest BCUT2D eigenvalue weighted by molar-refractivity contribution is 5.70. The average molecular weight is 179 g/mol. The van der Waals surface area contributed by atoms with Crippen molar-refractivity contribution in [2.45, 2.75) is 13.5 Å². The van der Waals surface area contributed by atoms with Crippen LogP contribution in [0.25, 0.3) is 11.2 Å². The number of hydrogen-bond acceptors (Lipinski definition) is 4. The molecule has 3 N–H and O–H groups in total. The quantitative estimate of drug-likeness (QED) is 0.630. The Balaban J connectivity index is 2.97. The van der Waals surface area contributed by atoms with Gasteiger partial charge in [-0.1, -0.05) is 0 Å². The topological polar surface area (TPSA) is 89.6 Å². The van der Waals surface area contributed by atoms with Crippen molar-refractivity contribution >= 4 is 17.1 Å². The third-order valence-corrected chi connectivity index (χ3v) is 1.90. The molecule has 0 aliphatic carbocycles. The van der Waals surface area contributed by atoms with Crippen molar-refractivity contribution in [1.82, 2.24) is 19.5 Å². The van der Waals surface area contributed by atoms with Gasteiger partial charge in [-0.2, -0.15) is 4.98 Å². The normalized spacial score (nSPS) is 10.8. The number of aromatic nitrogens is 4. The van der Waals surface area contributed by atoms with E-state index in [2.05, 4.69) is 15.0 Å². The number of H-pyrrole nitrogens is 1. The Bertz CT molecular complexity index is 497. The summed E-state index contributed by atoms with van der Waals surface area (Å²) >= 11 is 0. The van der Waals surface area contributed by atoms with Gasteiger partial charge in [-0.15, -0.1) is 0 Å². The van der Waals surface area contributed by atoms with Crippen molar-refractivity contribution in [3.8, 4) is 0 Å². The Kier molecular flexibility index (Phi) is 1.54. The van der Waals surface area contributed by atoms with Gasteiger partial charge in [0.1, 0.15) is 5.65 Å². The van der Waals surface area contributed by atoms with E-state index in [4.69, 9.17) is 5.73 Å². The highest BCUT2D eigenvalue weighted by Gasteiger charge is 2.08. The molecule has 0 spiro atoms. The van der Waals surface area contributed by atoms with Crippen LogP contribution in [0.15, 0.2) is 11.1 Å². The van der Waals surface area contributed by atoms with Crippen LogP contribution in [0, 0.1) is 0 Å². The number of imidazole rings is 1. The summed E-state index contributed by atoms with van der Waals surface area (Å²) in [4.78, 5) is 21.6. The molecule has 0 saturated heterocycles. The van der Waals surface area contributed by atoms with E-state index in [1.807, 2.05) is 6.92 Å². The summed E-state index contributed by atoms with van der Waals surface area (Å²) in [5, 5.41) is 0. The molecule has 2 rings (SSSR count). The lowest BCUT2D eigenvalue weighted by Gasteiger charge is -2.05. The second-order valence-electron chi connectivity index (χ2n) is 2.62. The largest absolute Gasteiger partial charge is 0.369 e.